The fourth-order valence-corrected chi connectivity index (χ4v) is 2.49. The van der Waals surface area contributed by atoms with Crippen molar-refractivity contribution in [1.29, 1.82) is 0 Å². The van der Waals surface area contributed by atoms with Crippen molar-refractivity contribution >= 4 is 23.6 Å². The standard InChI is InChI=1S/C15H21BN2O3/c1-14(2)15(3,4)21-16(20-14)12-9-11-5-6-18(7-8-19)13(11)17-10-12/h5-6,9-10,19H,7-8H2,1-4H3. The van der Waals surface area contributed by atoms with Gasteiger partial charge in [0.15, 0.2) is 0 Å². The summed E-state index contributed by atoms with van der Waals surface area (Å²) in [5.74, 6) is 0. The van der Waals surface area contributed by atoms with Crippen molar-refractivity contribution in [2.45, 2.75) is 45.4 Å². The maximum Gasteiger partial charge on any atom is 0.496 e. The van der Waals surface area contributed by atoms with Crippen molar-refractivity contribution in [3.8, 4) is 0 Å². The second-order valence-electron chi connectivity index (χ2n) is 6.50. The molecular weight excluding hydrogens is 267 g/mol. The summed E-state index contributed by atoms with van der Waals surface area (Å²) in [6, 6.07) is 4.03. The van der Waals surface area contributed by atoms with Crippen LogP contribution >= 0.6 is 0 Å². The molecule has 3 heterocycles. The first-order valence-electron chi connectivity index (χ1n) is 7.25. The van der Waals surface area contributed by atoms with Crippen LogP contribution in [-0.2, 0) is 15.9 Å². The van der Waals surface area contributed by atoms with Gasteiger partial charge in [-0.15, -0.1) is 0 Å². The molecule has 0 aromatic carbocycles. The summed E-state index contributed by atoms with van der Waals surface area (Å²) >= 11 is 0. The molecule has 21 heavy (non-hydrogen) atoms. The predicted octanol–water partition coefficient (Wildman–Crippen LogP) is 1.33. The first-order valence-corrected chi connectivity index (χ1v) is 7.25. The normalized spacial score (nSPS) is 20.3. The topological polar surface area (TPSA) is 56.5 Å². The van der Waals surface area contributed by atoms with Crippen LogP contribution in [0.1, 0.15) is 27.7 Å². The fourth-order valence-electron chi connectivity index (χ4n) is 2.49. The average molecular weight is 288 g/mol. The fraction of sp³-hybridized carbons (Fsp3) is 0.533. The summed E-state index contributed by atoms with van der Waals surface area (Å²) in [7, 11) is -0.395. The second kappa shape index (κ2) is 4.83. The van der Waals surface area contributed by atoms with Gasteiger partial charge in [0.2, 0.25) is 0 Å². The van der Waals surface area contributed by atoms with Crippen LogP contribution in [0.5, 0.6) is 0 Å². The lowest BCUT2D eigenvalue weighted by Crippen LogP contribution is -2.41. The van der Waals surface area contributed by atoms with Gasteiger partial charge in [-0.3, -0.25) is 0 Å². The van der Waals surface area contributed by atoms with E-state index in [1.165, 1.54) is 0 Å². The van der Waals surface area contributed by atoms with Crippen molar-refractivity contribution in [2.24, 2.45) is 0 Å². The van der Waals surface area contributed by atoms with Crippen LogP contribution in [0.25, 0.3) is 11.0 Å². The lowest BCUT2D eigenvalue weighted by Gasteiger charge is -2.32. The van der Waals surface area contributed by atoms with Crippen LogP contribution in [0.15, 0.2) is 24.5 Å². The number of nitrogens with zero attached hydrogens (tertiary/aromatic N) is 2. The first kappa shape index (κ1) is 14.6. The van der Waals surface area contributed by atoms with Gasteiger partial charge in [-0.25, -0.2) is 4.98 Å². The van der Waals surface area contributed by atoms with E-state index in [0.29, 0.717) is 6.54 Å². The summed E-state index contributed by atoms with van der Waals surface area (Å²) in [4.78, 5) is 4.49. The van der Waals surface area contributed by atoms with Gasteiger partial charge < -0.3 is 19.0 Å². The van der Waals surface area contributed by atoms with Gasteiger partial charge in [0.1, 0.15) is 5.65 Å². The van der Waals surface area contributed by atoms with E-state index in [2.05, 4.69) is 4.98 Å². The molecule has 1 N–H and O–H groups in total. The molecule has 0 amide bonds. The molecule has 0 aliphatic carbocycles. The van der Waals surface area contributed by atoms with Gasteiger partial charge in [0, 0.05) is 29.8 Å². The summed E-state index contributed by atoms with van der Waals surface area (Å²) in [5.41, 5.74) is 1.08. The first-order chi connectivity index (χ1) is 9.84. The average Bonchev–Trinajstić information content (AvgIpc) is 2.89. The Bertz CT molecular complexity index is 650. The molecule has 0 atom stereocenters. The number of fused-ring (bicyclic) bond motifs is 1. The minimum Gasteiger partial charge on any atom is -0.399 e. The monoisotopic (exact) mass is 288 g/mol. The molecular formula is C15H21BN2O3. The van der Waals surface area contributed by atoms with E-state index in [1.54, 1.807) is 6.20 Å². The molecule has 1 saturated heterocycles. The summed E-state index contributed by atoms with van der Waals surface area (Å²) in [5, 5.41) is 10.1. The molecule has 1 aliphatic rings. The molecule has 112 valence electrons. The minimum absolute atomic E-state index is 0.102. The highest BCUT2D eigenvalue weighted by Crippen LogP contribution is 2.36. The van der Waals surface area contributed by atoms with Gasteiger partial charge in [0.05, 0.1) is 17.8 Å². The van der Waals surface area contributed by atoms with Crippen molar-refractivity contribution in [2.75, 3.05) is 6.61 Å². The molecule has 5 nitrogen and oxygen atoms in total. The Morgan fingerprint density at radius 3 is 2.52 bits per heavy atom. The van der Waals surface area contributed by atoms with E-state index in [9.17, 15) is 0 Å². The number of aliphatic hydroxyl groups excluding tert-OH is 1. The second-order valence-corrected chi connectivity index (χ2v) is 6.50. The quantitative estimate of drug-likeness (QED) is 0.866. The zero-order chi connectivity index (χ0) is 15.3. The molecule has 0 radical (unpaired) electrons. The van der Waals surface area contributed by atoms with Crippen molar-refractivity contribution in [3.05, 3.63) is 24.5 Å². The Hall–Kier alpha value is -1.37. The molecule has 6 heteroatoms. The minimum atomic E-state index is -0.395. The predicted molar refractivity (Wildman–Crippen MR) is 82.5 cm³/mol. The summed E-state index contributed by atoms with van der Waals surface area (Å²) in [6.45, 7) is 8.80. The SMILES string of the molecule is CC1(C)OB(c2cnc3c(ccn3CCO)c2)OC1(C)C. The lowest BCUT2D eigenvalue weighted by atomic mass is 9.80. The Morgan fingerprint density at radius 2 is 1.90 bits per heavy atom. The maximum atomic E-state index is 9.05. The molecule has 0 spiro atoms. The number of pyridine rings is 1. The van der Waals surface area contributed by atoms with Gasteiger partial charge in [-0.05, 0) is 39.8 Å². The van der Waals surface area contributed by atoms with Gasteiger partial charge in [-0.1, -0.05) is 0 Å². The zero-order valence-corrected chi connectivity index (χ0v) is 13.0. The van der Waals surface area contributed by atoms with E-state index >= 15 is 0 Å². The molecule has 1 aliphatic heterocycles. The van der Waals surface area contributed by atoms with Crippen LogP contribution < -0.4 is 5.46 Å². The highest BCUT2D eigenvalue weighted by molar-refractivity contribution is 6.62. The Balaban J connectivity index is 1.92. The number of hydrogen-bond donors (Lipinski definition) is 1. The van der Waals surface area contributed by atoms with Crippen LogP contribution in [0.3, 0.4) is 0 Å². The number of hydrogen-bond acceptors (Lipinski definition) is 4. The summed E-state index contributed by atoms with van der Waals surface area (Å²) in [6.07, 6.45) is 3.72. The number of aromatic nitrogens is 2. The molecule has 1 fully saturated rings. The Labute approximate surface area is 125 Å². The highest BCUT2D eigenvalue weighted by atomic mass is 16.7. The van der Waals surface area contributed by atoms with E-state index in [0.717, 1.165) is 16.5 Å². The number of rotatable bonds is 3. The van der Waals surface area contributed by atoms with Gasteiger partial charge in [0.25, 0.3) is 0 Å². The van der Waals surface area contributed by atoms with Crippen LogP contribution in [0.4, 0.5) is 0 Å². The third-order valence-corrected chi connectivity index (χ3v) is 4.49. The van der Waals surface area contributed by atoms with E-state index in [-0.39, 0.29) is 17.8 Å². The van der Waals surface area contributed by atoms with Gasteiger partial charge in [-0.2, -0.15) is 0 Å². The van der Waals surface area contributed by atoms with Crippen LogP contribution in [0.2, 0.25) is 0 Å². The molecule has 0 unspecified atom stereocenters. The third kappa shape index (κ3) is 2.37. The van der Waals surface area contributed by atoms with Crippen molar-refractivity contribution < 1.29 is 14.4 Å². The van der Waals surface area contributed by atoms with E-state index in [1.807, 2.05) is 50.6 Å². The molecule has 2 aromatic heterocycles. The highest BCUT2D eigenvalue weighted by Gasteiger charge is 2.51. The zero-order valence-electron chi connectivity index (χ0n) is 13.0. The van der Waals surface area contributed by atoms with Crippen molar-refractivity contribution in [1.82, 2.24) is 9.55 Å². The molecule has 0 saturated carbocycles. The van der Waals surface area contributed by atoms with E-state index < -0.39 is 7.12 Å². The molecule has 0 bridgehead atoms. The third-order valence-electron chi connectivity index (χ3n) is 4.49. The molecule has 3 rings (SSSR count). The lowest BCUT2D eigenvalue weighted by molar-refractivity contribution is 0.00578. The van der Waals surface area contributed by atoms with Crippen molar-refractivity contribution in [3.63, 3.8) is 0 Å². The number of aliphatic hydroxyl groups is 1. The summed E-state index contributed by atoms with van der Waals surface area (Å²) < 4.78 is 14.0. The smallest absolute Gasteiger partial charge is 0.399 e. The molecule has 2 aromatic rings. The van der Waals surface area contributed by atoms with E-state index in [4.69, 9.17) is 14.4 Å². The van der Waals surface area contributed by atoms with Crippen LogP contribution in [-0.4, -0.2) is 39.6 Å². The Kier molecular flexibility index (Phi) is 3.35. The Morgan fingerprint density at radius 1 is 1.24 bits per heavy atom. The largest absolute Gasteiger partial charge is 0.496 e. The maximum absolute atomic E-state index is 9.05. The van der Waals surface area contributed by atoms with Crippen LogP contribution in [0, 0.1) is 0 Å². The van der Waals surface area contributed by atoms with Gasteiger partial charge >= 0.3 is 7.12 Å².